The van der Waals surface area contributed by atoms with E-state index >= 15 is 0 Å². The molecule has 0 bridgehead atoms. The van der Waals surface area contributed by atoms with Crippen LogP contribution in [0.5, 0.6) is 5.75 Å². The van der Waals surface area contributed by atoms with Gasteiger partial charge in [-0.05, 0) is 25.0 Å². The third-order valence-electron chi connectivity index (χ3n) is 3.57. The summed E-state index contributed by atoms with van der Waals surface area (Å²) in [5.41, 5.74) is 0.717. The summed E-state index contributed by atoms with van der Waals surface area (Å²) in [5.74, 6) is 1.62. The summed E-state index contributed by atoms with van der Waals surface area (Å²) in [6, 6.07) is 7.85. The summed E-state index contributed by atoms with van der Waals surface area (Å²) in [7, 11) is 1.64. The molecule has 3 rings (SSSR count). The van der Waals surface area contributed by atoms with Gasteiger partial charge >= 0.3 is 0 Å². The third-order valence-corrected chi connectivity index (χ3v) is 3.57. The molecule has 1 fully saturated rings. The molecule has 1 heterocycles. The van der Waals surface area contributed by atoms with E-state index in [9.17, 15) is 5.11 Å². The van der Waals surface area contributed by atoms with Crippen LogP contribution in [0.1, 0.15) is 18.6 Å². The Morgan fingerprint density at radius 1 is 1.44 bits per heavy atom. The van der Waals surface area contributed by atoms with Gasteiger partial charge in [-0.15, -0.1) is 0 Å². The molecule has 1 aliphatic carbocycles. The van der Waals surface area contributed by atoms with Crippen molar-refractivity contribution >= 4 is 11.0 Å². The minimum Gasteiger partial charge on any atom is -0.493 e. The maximum Gasteiger partial charge on any atom is 0.176 e. The molecule has 0 spiro atoms. The Kier molecular flexibility index (Phi) is 2.76. The van der Waals surface area contributed by atoms with Gasteiger partial charge in [-0.2, -0.15) is 0 Å². The predicted octanol–water partition coefficient (Wildman–Crippen LogP) is 2.06. The number of furan rings is 1. The highest BCUT2D eigenvalue weighted by Crippen LogP contribution is 2.35. The van der Waals surface area contributed by atoms with Crippen molar-refractivity contribution in [2.75, 3.05) is 13.7 Å². The Balaban J connectivity index is 1.81. The molecule has 2 aromatic rings. The molecule has 0 saturated heterocycles. The molecule has 1 saturated carbocycles. The molecule has 4 nitrogen and oxygen atoms in total. The Labute approximate surface area is 106 Å². The number of rotatable bonds is 5. The lowest BCUT2D eigenvalue weighted by Crippen LogP contribution is -2.33. The number of hydrogen-bond acceptors (Lipinski definition) is 4. The molecule has 0 atom stereocenters. The lowest BCUT2D eigenvalue weighted by atomic mass is 10.2. The van der Waals surface area contributed by atoms with E-state index in [1.54, 1.807) is 7.11 Å². The zero-order valence-corrected chi connectivity index (χ0v) is 10.4. The molecular weight excluding hydrogens is 230 g/mol. The van der Waals surface area contributed by atoms with Crippen molar-refractivity contribution in [3.8, 4) is 5.75 Å². The molecule has 0 radical (unpaired) electrons. The highest BCUT2D eigenvalue weighted by atomic mass is 16.5. The zero-order valence-electron chi connectivity index (χ0n) is 10.4. The van der Waals surface area contributed by atoms with Crippen molar-refractivity contribution < 1.29 is 14.3 Å². The van der Waals surface area contributed by atoms with Crippen LogP contribution in [0.15, 0.2) is 28.7 Å². The molecule has 1 aliphatic rings. The smallest absolute Gasteiger partial charge is 0.176 e. The lowest BCUT2D eigenvalue weighted by Gasteiger charge is -2.12. The highest BCUT2D eigenvalue weighted by molar-refractivity contribution is 5.83. The van der Waals surface area contributed by atoms with Crippen LogP contribution in [0.3, 0.4) is 0 Å². The lowest BCUT2D eigenvalue weighted by molar-refractivity contribution is 0.227. The predicted molar refractivity (Wildman–Crippen MR) is 68.7 cm³/mol. The minimum absolute atomic E-state index is 0.0664. The van der Waals surface area contributed by atoms with Gasteiger partial charge in [-0.1, -0.05) is 12.1 Å². The van der Waals surface area contributed by atoms with Crippen LogP contribution in [0.25, 0.3) is 11.0 Å². The summed E-state index contributed by atoms with van der Waals surface area (Å²) in [6.07, 6.45) is 2.07. The van der Waals surface area contributed by atoms with Crippen molar-refractivity contribution in [3.05, 3.63) is 30.0 Å². The topological polar surface area (TPSA) is 54.6 Å². The van der Waals surface area contributed by atoms with Gasteiger partial charge in [0.2, 0.25) is 0 Å². The van der Waals surface area contributed by atoms with E-state index in [2.05, 4.69) is 5.32 Å². The maximum absolute atomic E-state index is 9.24. The van der Waals surface area contributed by atoms with Crippen LogP contribution in [0, 0.1) is 0 Å². The molecule has 0 amide bonds. The van der Waals surface area contributed by atoms with Gasteiger partial charge in [0.15, 0.2) is 11.3 Å². The molecule has 1 aromatic carbocycles. The molecular formula is C14H17NO3. The molecule has 0 aliphatic heterocycles. The summed E-state index contributed by atoms with van der Waals surface area (Å²) in [4.78, 5) is 0. The van der Waals surface area contributed by atoms with Gasteiger partial charge < -0.3 is 19.6 Å². The summed E-state index contributed by atoms with van der Waals surface area (Å²) < 4.78 is 11.1. The summed E-state index contributed by atoms with van der Waals surface area (Å²) >= 11 is 0. The average Bonchev–Trinajstić information content (AvgIpc) is 3.07. The SMILES string of the molecule is COc1cccc2cc(CNC3(CO)CC3)oc12. The first-order valence-electron chi connectivity index (χ1n) is 6.18. The Bertz CT molecular complexity index is 557. The second-order valence-corrected chi connectivity index (χ2v) is 4.88. The van der Waals surface area contributed by atoms with E-state index in [0.717, 1.165) is 35.3 Å². The van der Waals surface area contributed by atoms with E-state index in [1.165, 1.54) is 0 Å². The minimum atomic E-state index is -0.0664. The fraction of sp³-hybridized carbons (Fsp3) is 0.429. The van der Waals surface area contributed by atoms with Crippen LogP contribution >= 0.6 is 0 Å². The van der Waals surface area contributed by atoms with E-state index < -0.39 is 0 Å². The summed E-state index contributed by atoms with van der Waals surface area (Å²) in [6.45, 7) is 0.828. The second kappa shape index (κ2) is 4.30. The number of methoxy groups -OCH3 is 1. The third kappa shape index (κ3) is 1.98. The van der Waals surface area contributed by atoms with Crippen molar-refractivity contribution in [1.82, 2.24) is 5.32 Å². The molecule has 1 aromatic heterocycles. The van der Waals surface area contributed by atoms with Crippen molar-refractivity contribution in [2.45, 2.75) is 24.9 Å². The standard InChI is InChI=1S/C14H17NO3/c1-17-12-4-2-3-10-7-11(18-13(10)12)8-15-14(9-16)5-6-14/h2-4,7,15-16H,5-6,8-9H2,1H3. The largest absolute Gasteiger partial charge is 0.493 e. The molecule has 0 unspecified atom stereocenters. The Morgan fingerprint density at radius 2 is 2.28 bits per heavy atom. The second-order valence-electron chi connectivity index (χ2n) is 4.88. The molecule has 4 heteroatoms. The molecule has 18 heavy (non-hydrogen) atoms. The van der Waals surface area contributed by atoms with Gasteiger partial charge in [-0.3, -0.25) is 0 Å². The summed E-state index contributed by atoms with van der Waals surface area (Å²) in [5, 5.41) is 13.6. The first-order chi connectivity index (χ1) is 8.76. The number of hydrogen-bond donors (Lipinski definition) is 2. The van der Waals surface area contributed by atoms with E-state index in [0.29, 0.717) is 6.54 Å². The molecule has 96 valence electrons. The zero-order chi connectivity index (χ0) is 12.6. The normalized spacial score (nSPS) is 17.0. The van der Waals surface area contributed by atoms with Gasteiger partial charge in [0.1, 0.15) is 5.76 Å². The fourth-order valence-electron chi connectivity index (χ4n) is 2.15. The van der Waals surface area contributed by atoms with Gasteiger partial charge in [0.05, 0.1) is 20.3 Å². The van der Waals surface area contributed by atoms with Crippen LogP contribution in [-0.2, 0) is 6.54 Å². The van der Waals surface area contributed by atoms with Gasteiger partial charge in [0, 0.05) is 10.9 Å². The number of benzene rings is 1. The maximum atomic E-state index is 9.24. The van der Waals surface area contributed by atoms with Crippen molar-refractivity contribution in [2.24, 2.45) is 0 Å². The number of nitrogens with one attached hydrogen (secondary N) is 1. The first-order valence-corrected chi connectivity index (χ1v) is 6.18. The average molecular weight is 247 g/mol. The fourth-order valence-corrected chi connectivity index (χ4v) is 2.15. The number of aliphatic hydroxyl groups is 1. The number of para-hydroxylation sites is 1. The Morgan fingerprint density at radius 3 is 2.94 bits per heavy atom. The van der Waals surface area contributed by atoms with Crippen LogP contribution in [0.4, 0.5) is 0 Å². The van der Waals surface area contributed by atoms with Crippen LogP contribution in [0.2, 0.25) is 0 Å². The number of fused-ring (bicyclic) bond motifs is 1. The highest BCUT2D eigenvalue weighted by Gasteiger charge is 2.41. The van der Waals surface area contributed by atoms with E-state index in [1.807, 2.05) is 24.3 Å². The van der Waals surface area contributed by atoms with Gasteiger partial charge in [0.25, 0.3) is 0 Å². The van der Waals surface area contributed by atoms with Crippen molar-refractivity contribution in [3.63, 3.8) is 0 Å². The number of ether oxygens (including phenoxy) is 1. The van der Waals surface area contributed by atoms with Crippen LogP contribution < -0.4 is 10.1 Å². The molecule has 2 N–H and O–H groups in total. The van der Waals surface area contributed by atoms with E-state index in [4.69, 9.17) is 9.15 Å². The Hall–Kier alpha value is -1.52. The van der Waals surface area contributed by atoms with E-state index in [-0.39, 0.29) is 12.1 Å². The van der Waals surface area contributed by atoms with Crippen molar-refractivity contribution in [1.29, 1.82) is 0 Å². The monoisotopic (exact) mass is 247 g/mol. The van der Waals surface area contributed by atoms with Crippen LogP contribution in [-0.4, -0.2) is 24.4 Å². The quantitative estimate of drug-likeness (QED) is 0.849. The number of aliphatic hydroxyl groups excluding tert-OH is 1. The first kappa shape index (κ1) is 11.6. The van der Waals surface area contributed by atoms with Gasteiger partial charge in [-0.25, -0.2) is 0 Å².